The van der Waals surface area contributed by atoms with Crippen LogP contribution in [0, 0.1) is 11.8 Å². The molecule has 5 atom stereocenters. The topological polar surface area (TPSA) is 107 Å². The first-order valence-electron chi connectivity index (χ1n) is 18.0. The Kier molecular flexibility index (Phi) is 14.7. The van der Waals surface area contributed by atoms with E-state index >= 15 is 0 Å². The van der Waals surface area contributed by atoms with E-state index in [0.717, 1.165) is 56.4 Å². The Morgan fingerprint density at radius 3 is 2.11 bits per heavy atom. The van der Waals surface area contributed by atoms with Gasteiger partial charge in [0, 0.05) is 30.6 Å². The zero-order chi connectivity index (χ0) is 33.6. The number of phenolic OH excluding ortho intramolecular Hbond substituents is 1. The third-order valence-corrected chi connectivity index (χ3v) is 9.69. The SMILES string of the molecule is CCCCC(CC)COc1ccc(-c2nc(-c3ccc(OC)cc3)nc(C3CCCC(OCC(CC)CCCC)CC3O)n2)c(O)c1. The van der Waals surface area contributed by atoms with E-state index in [1.807, 2.05) is 36.4 Å². The molecule has 1 heterocycles. The minimum absolute atomic E-state index is 0.0129. The molecule has 0 saturated heterocycles. The molecule has 47 heavy (non-hydrogen) atoms. The van der Waals surface area contributed by atoms with E-state index in [1.54, 1.807) is 13.2 Å². The van der Waals surface area contributed by atoms with Crippen molar-refractivity contribution >= 4 is 0 Å². The molecule has 4 rings (SSSR count). The summed E-state index contributed by atoms with van der Waals surface area (Å²) in [7, 11) is 1.63. The van der Waals surface area contributed by atoms with Crippen molar-refractivity contribution < 1.29 is 24.4 Å². The molecular weight excluding hydrogens is 590 g/mol. The highest BCUT2D eigenvalue weighted by atomic mass is 16.5. The molecule has 1 aliphatic carbocycles. The first kappa shape index (κ1) is 36.6. The molecule has 3 aromatic rings. The first-order valence-corrected chi connectivity index (χ1v) is 18.0. The van der Waals surface area contributed by atoms with Gasteiger partial charge in [-0.15, -0.1) is 0 Å². The monoisotopic (exact) mass is 647 g/mol. The lowest BCUT2D eigenvalue weighted by Gasteiger charge is -2.24. The van der Waals surface area contributed by atoms with Gasteiger partial charge in [-0.2, -0.15) is 0 Å². The zero-order valence-electron chi connectivity index (χ0n) is 29.3. The predicted molar refractivity (Wildman–Crippen MR) is 188 cm³/mol. The predicted octanol–water partition coefficient (Wildman–Crippen LogP) is 9.14. The maximum Gasteiger partial charge on any atom is 0.167 e. The quantitative estimate of drug-likeness (QED) is 0.132. The number of ether oxygens (including phenoxy) is 3. The summed E-state index contributed by atoms with van der Waals surface area (Å²) in [6.07, 6.45) is 11.7. The van der Waals surface area contributed by atoms with E-state index in [1.165, 1.54) is 32.1 Å². The average molecular weight is 648 g/mol. The number of aliphatic hydroxyl groups excluding tert-OH is 1. The van der Waals surface area contributed by atoms with Crippen LogP contribution < -0.4 is 9.47 Å². The van der Waals surface area contributed by atoms with Crippen LogP contribution in [0.25, 0.3) is 22.8 Å². The molecule has 1 aliphatic rings. The van der Waals surface area contributed by atoms with Crippen LogP contribution in [0.1, 0.15) is 116 Å². The standard InChI is InChI=1S/C39H57N3O5/c1-6-10-13-27(8-3)25-46-31-15-12-16-33(35(43)23-31)38-40-37(29-17-19-30(45-5)20-18-29)41-39(42-38)34-22-21-32(24-36(34)44)47-26-28(9-4)14-11-7-2/h17-22,24,27-28,31,33,35,43-44H,6-16,23,25-26H2,1-5H3. The number of hydrogen-bond acceptors (Lipinski definition) is 8. The van der Waals surface area contributed by atoms with Crippen LogP contribution in [0.4, 0.5) is 0 Å². The number of aliphatic hydroxyl groups is 1. The largest absolute Gasteiger partial charge is 0.507 e. The molecule has 0 amide bonds. The third-order valence-electron chi connectivity index (χ3n) is 9.69. The van der Waals surface area contributed by atoms with E-state index in [4.69, 9.17) is 29.2 Å². The number of methoxy groups -OCH3 is 1. The van der Waals surface area contributed by atoms with E-state index in [2.05, 4.69) is 27.7 Å². The first-order chi connectivity index (χ1) is 22.9. The minimum Gasteiger partial charge on any atom is -0.507 e. The Morgan fingerprint density at radius 2 is 1.47 bits per heavy atom. The minimum atomic E-state index is -0.652. The molecule has 1 aromatic heterocycles. The molecule has 0 spiro atoms. The second kappa shape index (κ2) is 18.9. The number of phenols is 1. The van der Waals surface area contributed by atoms with Crippen LogP contribution in [0.15, 0.2) is 42.5 Å². The smallest absolute Gasteiger partial charge is 0.167 e. The van der Waals surface area contributed by atoms with E-state index in [0.29, 0.717) is 53.6 Å². The second-order valence-electron chi connectivity index (χ2n) is 13.2. The van der Waals surface area contributed by atoms with Gasteiger partial charge in [0.25, 0.3) is 0 Å². The Morgan fingerprint density at radius 1 is 0.809 bits per heavy atom. The highest BCUT2D eigenvalue weighted by Crippen LogP contribution is 2.36. The van der Waals surface area contributed by atoms with Crippen LogP contribution in [-0.4, -0.2) is 57.7 Å². The molecule has 0 bridgehead atoms. The molecule has 258 valence electrons. The van der Waals surface area contributed by atoms with E-state index in [-0.39, 0.29) is 17.8 Å². The van der Waals surface area contributed by atoms with Gasteiger partial charge < -0.3 is 24.4 Å². The molecule has 1 saturated carbocycles. The number of rotatable bonds is 18. The lowest BCUT2D eigenvalue weighted by atomic mass is 9.96. The Labute approximate surface area is 282 Å². The van der Waals surface area contributed by atoms with Gasteiger partial charge in [0.2, 0.25) is 0 Å². The fourth-order valence-electron chi connectivity index (χ4n) is 6.38. The maximum absolute atomic E-state index is 11.5. The van der Waals surface area contributed by atoms with Crippen molar-refractivity contribution in [3.8, 4) is 40.0 Å². The van der Waals surface area contributed by atoms with Gasteiger partial charge >= 0.3 is 0 Å². The van der Waals surface area contributed by atoms with Crippen molar-refractivity contribution in [3.05, 3.63) is 48.3 Å². The molecule has 8 nitrogen and oxygen atoms in total. The molecular formula is C39H57N3O5. The lowest BCUT2D eigenvalue weighted by Crippen LogP contribution is -2.26. The van der Waals surface area contributed by atoms with Gasteiger partial charge in [0.15, 0.2) is 11.6 Å². The Balaban J connectivity index is 1.59. The Hall–Kier alpha value is -3.23. The zero-order valence-corrected chi connectivity index (χ0v) is 29.3. The summed E-state index contributed by atoms with van der Waals surface area (Å²) in [5.41, 5.74) is 1.30. The van der Waals surface area contributed by atoms with Crippen LogP contribution in [-0.2, 0) is 4.74 Å². The van der Waals surface area contributed by atoms with Crippen LogP contribution in [0.2, 0.25) is 0 Å². The van der Waals surface area contributed by atoms with Crippen LogP contribution in [0.5, 0.6) is 17.2 Å². The van der Waals surface area contributed by atoms with Crippen molar-refractivity contribution in [2.45, 2.75) is 123 Å². The highest BCUT2D eigenvalue weighted by molar-refractivity contribution is 5.67. The van der Waals surface area contributed by atoms with Crippen LogP contribution >= 0.6 is 0 Å². The normalized spacial score (nSPS) is 19.6. The number of unbranched alkanes of at least 4 members (excludes halogenated alkanes) is 2. The molecule has 0 aliphatic heterocycles. The average Bonchev–Trinajstić information content (AvgIpc) is 3.29. The molecule has 5 unspecified atom stereocenters. The number of benzene rings is 2. The van der Waals surface area contributed by atoms with Crippen molar-refractivity contribution in [3.63, 3.8) is 0 Å². The molecule has 0 radical (unpaired) electrons. The van der Waals surface area contributed by atoms with Crippen molar-refractivity contribution in [1.82, 2.24) is 15.0 Å². The molecule has 1 fully saturated rings. The summed E-state index contributed by atoms with van der Waals surface area (Å²) in [5.74, 6) is 3.56. The lowest BCUT2D eigenvalue weighted by molar-refractivity contribution is -0.00649. The molecule has 8 heteroatoms. The summed E-state index contributed by atoms with van der Waals surface area (Å²) in [6.45, 7) is 10.2. The summed E-state index contributed by atoms with van der Waals surface area (Å²) in [6, 6.07) is 12.9. The van der Waals surface area contributed by atoms with Crippen molar-refractivity contribution in [1.29, 1.82) is 0 Å². The fourth-order valence-corrected chi connectivity index (χ4v) is 6.38. The van der Waals surface area contributed by atoms with Crippen molar-refractivity contribution in [2.75, 3.05) is 20.3 Å². The number of aromatic hydroxyl groups is 1. The van der Waals surface area contributed by atoms with Gasteiger partial charge in [-0.05, 0) is 73.9 Å². The van der Waals surface area contributed by atoms with E-state index < -0.39 is 6.10 Å². The number of nitrogens with zero attached hydrogens (tertiary/aromatic N) is 3. The van der Waals surface area contributed by atoms with Gasteiger partial charge in [0.05, 0.1) is 31.5 Å². The van der Waals surface area contributed by atoms with E-state index in [9.17, 15) is 10.2 Å². The van der Waals surface area contributed by atoms with Gasteiger partial charge in [0.1, 0.15) is 23.1 Å². The van der Waals surface area contributed by atoms with Gasteiger partial charge in [-0.25, -0.2) is 15.0 Å². The highest BCUT2D eigenvalue weighted by Gasteiger charge is 2.32. The third kappa shape index (κ3) is 10.6. The Bertz CT molecular complexity index is 1350. The maximum atomic E-state index is 11.5. The van der Waals surface area contributed by atoms with Gasteiger partial charge in [-0.3, -0.25) is 0 Å². The van der Waals surface area contributed by atoms with Crippen LogP contribution in [0.3, 0.4) is 0 Å². The molecule has 2 aromatic carbocycles. The van der Waals surface area contributed by atoms with Gasteiger partial charge in [-0.1, -0.05) is 72.6 Å². The molecule has 2 N–H and O–H groups in total. The summed E-state index contributed by atoms with van der Waals surface area (Å²) < 4.78 is 17.8. The summed E-state index contributed by atoms with van der Waals surface area (Å²) in [4.78, 5) is 14.6. The number of aromatic nitrogens is 3. The second-order valence-corrected chi connectivity index (χ2v) is 13.2. The number of hydrogen-bond donors (Lipinski definition) is 2. The van der Waals surface area contributed by atoms with Crippen molar-refractivity contribution in [2.24, 2.45) is 11.8 Å². The fraction of sp³-hybridized carbons (Fsp3) is 0.615. The summed E-state index contributed by atoms with van der Waals surface area (Å²) >= 11 is 0. The summed E-state index contributed by atoms with van der Waals surface area (Å²) in [5, 5.41) is 22.7.